The molecule has 0 radical (unpaired) electrons. The zero-order chi connectivity index (χ0) is 16.6. The maximum absolute atomic E-state index is 5.52. The molecule has 4 fully saturated rings. The average Bonchev–Trinajstić information content (AvgIpc) is 2.54. The van der Waals surface area contributed by atoms with E-state index < -0.39 is 0 Å². The van der Waals surface area contributed by atoms with Crippen LogP contribution in [0.25, 0.3) is 0 Å². The lowest BCUT2D eigenvalue weighted by atomic mass is 9.49. The molecular weight excluding hydrogens is 316 g/mol. The van der Waals surface area contributed by atoms with E-state index in [4.69, 9.17) is 17.0 Å². The predicted molar refractivity (Wildman–Crippen MR) is 102 cm³/mol. The van der Waals surface area contributed by atoms with Crippen molar-refractivity contribution in [2.45, 2.75) is 45.4 Å². The Morgan fingerprint density at radius 2 is 1.67 bits per heavy atom. The van der Waals surface area contributed by atoms with Crippen molar-refractivity contribution in [2.24, 2.45) is 23.2 Å². The number of benzene rings is 1. The van der Waals surface area contributed by atoms with E-state index in [1.807, 2.05) is 31.2 Å². The lowest BCUT2D eigenvalue weighted by molar-refractivity contribution is -0.0490. The van der Waals surface area contributed by atoms with Crippen molar-refractivity contribution >= 4 is 23.0 Å². The topological polar surface area (TPSA) is 33.3 Å². The van der Waals surface area contributed by atoms with Crippen LogP contribution in [0.15, 0.2) is 24.3 Å². The fraction of sp³-hybridized carbons (Fsp3) is 0.650. The summed E-state index contributed by atoms with van der Waals surface area (Å²) in [7, 11) is 0. The second-order valence-corrected chi connectivity index (χ2v) is 8.59. The highest BCUT2D eigenvalue weighted by Gasteiger charge is 2.50. The van der Waals surface area contributed by atoms with Crippen molar-refractivity contribution in [3.8, 4) is 5.75 Å². The molecule has 3 nitrogen and oxygen atoms in total. The van der Waals surface area contributed by atoms with Gasteiger partial charge >= 0.3 is 0 Å². The van der Waals surface area contributed by atoms with E-state index in [1.54, 1.807) is 0 Å². The fourth-order valence-corrected chi connectivity index (χ4v) is 5.94. The first-order valence-corrected chi connectivity index (χ1v) is 9.83. The zero-order valence-electron chi connectivity index (χ0n) is 14.5. The van der Waals surface area contributed by atoms with Gasteiger partial charge in [0.1, 0.15) is 5.75 Å². The van der Waals surface area contributed by atoms with Crippen molar-refractivity contribution < 1.29 is 4.74 Å². The summed E-state index contributed by atoms with van der Waals surface area (Å²) in [5, 5.41) is 7.57. The number of hydrogen-bond donors (Lipinski definition) is 2. The van der Waals surface area contributed by atoms with Gasteiger partial charge in [-0.15, -0.1) is 0 Å². The number of anilines is 1. The van der Waals surface area contributed by atoms with Crippen LogP contribution in [0.2, 0.25) is 0 Å². The SMILES string of the molecule is CCOc1ccc(NC(=S)NCC23CC4CC(CC(C4)C2)C3)cc1. The maximum atomic E-state index is 5.52. The molecule has 4 aliphatic carbocycles. The molecule has 1 aromatic rings. The summed E-state index contributed by atoms with van der Waals surface area (Å²) in [6, 6.07) is 7.99. The normalized spacial score (nSPS) is 33.3. The minimum absolute atomic E-state index is 0.513. The Balaban J connectivity index is 1.30. The van der Waals surface area contributed by atoms with Gasteiger partial charge in [-0.2, -0.15) is 0 Å². The molecule has 4 saturated carbocycles. The quantitative estimate of drug-likeness (QED) is 0.766. The molecule has 4 aliphatic rings. The van der Waals surface area contributed by atoms with Crippen LogP contribution >= 0.6 is 12.2 Å². The number of thiocarbonyl (C=S) groups is 1. The van der Waals surface area contributed by atoms with Crippen molar-refractivity contribution in [3.63, 3.8) is 0 Å². The second-order valence-electron chi connectivity index (χ2n) is 8.18. The van der Waals surface area contributed by atoms with Gasteiger partial charge in [0.15, 0.2) is 5.11 Å². The van der Waals surface area contributed by atoms with Crippen LogP contribution < -0.4 is 15.4 Å². The molecule has 1 aromatic carbocycles. The Morgan fingerprint density at radius 3 is 2.21 bits per heavy atom. The van der Waals surface area contributed by atoms with Crippen molar-refractivity contribution in [2.75, 3.05) is 18.5 Å². The van der Waals surface area contributed by atoms with Crippen molar-refractivity contribution in [1.82, 2.24) is 5.32 Å². The van der Waals surface area contributed by atoms with Crippen LogP contribution in [0, 0.1) is 23.2 Å². The molecule has 5 rings (SSSR count). The molecule has 0 aliphatic heterocycles. The Labute approximate surface area is 150 Å². The third-order valence-electron chi connectivity index (χ3n) is 6.21. The van der Waals surface area contributed by atoms with Crippen LogP contribution in [0.5, 0.6) is 5.75 Å². The highest BCUT2D eigenvalue weighted by atomic mass is 32.1. The first-order valence-electron chi connectivity index (χ1n) is 9.42. The largest absolute Gasteiger partial charge is 0.494 e. The highest BCUT2D eigenvalue weighted by Crippen LogP contribution is 2.59. The molecule has 0 atom stereocenters. The summed E-state index contributed by atoms with van der Waals surface area (Å²) in [6.45, 7) is 3.73. The van der Waals surface area contributed by atoms with Gasteiger partial charge in [-0.1, -0.05) is 0 Å². The summed E-state index contributed by atoms with van der Waals surface area (Å²) in [5.74, 6) is 3.87. The maximum Gasteiger partial charge on any atom is 0.170 e. The Kier molecular flexibility index (Phi) is 4.42. The van der Waals surface area contributed by atoms with Gasteiger partial charge < -0.3 is 15.4 Å². The molecule has 4 bridgehead atoms. The molecular formula is C20H28N2OS. The molecule has 24 heavy (non-hydrogen) atoms. The summed E-state index contributed by atoms with van der Waals surface area (Å²) >= 11 is 5.52. The first kappa shape index (κ1) is 16.2. The van der Waals surface area contributed by atoms with E-state index >= 15 is 0 Å². The molecule has 0 amide bonds. The lowest BCUT2D eigenvalue weighted by Gasteiger charge is -2.57. The smallest absolute Gasteiger partial charge is 0.170 e. The summed E-state index contributed by atoms with van der Waals surface area (Å²) in [5.41, 5.74) is 1.53. The Hall–Kier alpha value is -1.29. The van der Waals surface area contributed by atoms with Gasteiger partial charge in [0, 0.05) is 12.2 Å². The van der Waals surface area contributed by atoms with Crippen LogP contribution in [-0.2, 0) is 0 Å². The van der Waals surface area contributed by atoms with Gasteiger partial charge in [0.2, 0.25) is 0 Å². The summed E-state index contributed by atoms with van der Waals surface area (Å²) in [6.07, 6.45) is 8.73. The van der Waals surface area contributed by atoms with Crippen LogP contribution in [0.4, 0.5) is 5.69 Å². The second kappa shape index (κ2) is 6.55. The predicted octanol–water partition coefficient (Wildman–Crippen LogP) is 4.59. The van der Waals surface area contributed by atoms with E-state index in [9.17, 15) is 0 Å². The van der Waals surface area contributed by atoms with E-state index in [2.05, 4.69) is 10.6 Å². The molecule has 2 N–H and O–H groups in total. The number of nitrogens with one attached hydrogen (secondary N) is 2. The minimum Gasteiger partial charge on any atom is -0.494 e. The molecule has 0 spiro atoms. The van der Waals surface area contributed by atoms with Gasteiger partial charge in [-0.3, -0.25) is 0 Å². The molecule has 0 aromatic heterocycles. The summed E-state index contributed by atoms with van der Waals surface area (Å²) in [4.78, 5) is 0. The van der Waals surface area contributed by atoms with Crippen LogP contribution in [0.1, 0.15) is 45.4 Å². The Morgan fingerprint density at radius 1 is 1.08 bits per heavy atom. The third-order valence-corrected chi connectivity index (χ3v) is 6.46. The van der Waals surface area contributed by atoms with E-state index in [1.165, 1.54) is 38.5 Å². The van der Waals surface area contributed by atoms with Gasteiger partial charge in [0.05, 0.1) is 6.61 Å². The van der Waals surface area contributed by atoms with E-state index in [-0.39, 0.29) is 0 Å². The van der Waals surface area contributed by atoms with Crippen LogP contribution in [-0.4, -0.2) is 18.3 Å². The first-order chi connectivity index (χ1) is 11.6. The number of rotatable bonds is 5. The van der Waals surface area contributed by atoms with E-state index in [0.29, 0.717) is 12.0 Å². The highest BCUT2D eigenvalue weighted by molar-refractivity contribution is 7.80. The Bertz CT molecular complexity index is 563. The van der Waals surface area contributed by atoms with Gasteiger partial charge in [-0.05, 0) is 105 Å². The molecule has 130 valence electrons. The van der Waals surface area contributed by atoms with Crippen molar-refractivity contribution in [3.05, 3.63) is 24.3 Å². The molecule has 0 saturated heterocycles. The molecule has 4 heteroatoms. The number of ether oxygens (including phenoxy) is 1. The third kappa shape index (κ3) is 3.39. The fourth-order valence-electron chi connectivity index (χ4n) is 5.75. The molecule has 0 heterocycles. The lowest BCUT2D eigenvalue weighted by Crippen LogP contribution is -2.51. The summed E-state index contributed by atoms with van der Waals surface area (Å²) < 4.78 is 5.47. The van der Waals surface area contributed by atoms with Crippen molar-refractivity contribution in [1.29, 1.82) is 0 Å². The number of hydrogen-bond acceptors (Lipinski definition) is 2. The average molecular weight is 345 g/mol. The molecule has 0 unspecified atom stereocenters. The zero-order valence-corrected chi connectivity index (χ0v) is 15.3. The van der Waals surface area contributed by atoms with Gasteiger partial charge in [-0.25, -0.2) is 0 Å². The van der Waals surface area contributed by atoms with Crippen LogP contribution in [0.3, 0.4) is 0 Å². The monoisotopic (exact) mass is 344 g/mol. The van der Waals surface area contributed by atoms with E-state index in [0.717, 1.165) is 40.8 Å². The van der Waals surface area contributed by atoms with Gasteiger partial charge in [0.25, 0.3) is 0 Å². The standard InChI is InChI=1S/C20H28N2OS/c1-2-23-18-5-3-17(4-6-18)22-19(24)21-13-20-10-14-7-15(11-20)9-16(8-14)12-20/h3-6,14-16H,2,7-13H2,1H3,(H2,21,22,24). The minimum atomic E-state index is 0.513.